The molecule has 0 radical (unpaired) electrons. The molecule has 0 aliphatic carbocycles. The number of carbonyl (C=O) groups excluding carboxylic acids is 2. The fraction of sp³-hybridized carbons (Fsp3) is 0.867. The minimum absolute atomic E-state index is 0.0389. The topological polar surface area (TPSA) is 65.1 Å². The van der Waals surface area contributed by atoms with Gasteiger partial charge in [0.15, 0.2) is 0 Å². The third-order valence-corrected chi connectivity index (χ3v) is 3.09. The van der Waals surface area contributed by atoms with Crippen molar-refractivity contribution >= 4 is 12.1 Å². The lowest BCUT2D eigenvalue weighted by Crippen LogP contribution is -2.48. The maximum absolute atomic E-state index is 12.2. The molecule has 1 amide bonds. The highest BCUT2D eigenvalue weighted by molar-refractivity contribution is 5.70. The van der Waals surface area contributed by atoms with Crippen molar-refractivity contribution in [2.45, 2.75) is 58.6 Å². The normalized spacial score (nSPS) is 19.2. The summed E-state index contributed by atoms with van der Waals surface area (Å²) < 4.78 is 15.6. The van der Waals surface area contributed by atoms with E-state index in [4.69, 9.17) is 14.2 Å². The van der Waals surface area contributed by atoms with Gasteiger partial charge in [0.25, 0.3) is 0 Å². The van der Waals surface area contributed by atoms with Crippen molar-refractivity contribution in [2.24, 2.45) is 0 Å². The van der Waals surface area contributed by atoms with E-state index in [-0.39, 0.29) is 24.7 Å². The van der Waals surface area contributed by atoms with Crippen molar-refractivity contribution in [1.82, 2.24) is 4.90 Å². The number of esters is 1. The van der Waals surface area contributed by atoms with E-state index in [2.05, 4.69) is 0 Å². The summed E-state index contributed by atoms with van der Waals surface area (Å²) in [5.74, 6) is -0.378. The molecule has 1 fully saturated rings. The highest BCUT2D eigenvalue weighted by atomic mass is 16.6. The summed E-state index contributed by atoms with van der Waals surface area (Å²) in [6, 6.07) is -0.0389. The standard InChI is InChI=1S/C15H27NO5/c1-5-20-13(17)11-19-10-12-8-6-7-9-16(12)14(18)21-15(2,3)4/h12H,5-11H2,1-4H3/t12-/m0/s1. The number of rotatable bonds is 5. The van der Waals surface area contributed by atoms with E-state index in [0.717, 1.165) is 19.3 Å². The fourth-order valence-electron chi connectivity index (χ4n) is 2.22. The summed E-state index contributed by atoms with van der Waals surface area (Å²) in [5, 5.41) is 0. The van der Waals surface area contributed by atoms with Crippen LogP contribution in [-0.2, 0) is 19.0 Å². The van der Waals surface area contributed by atoms with Crippen LogP contribution in [0.3, 0.4) is 0 Å². The van der Waals surface area contributed by atoms with Gasteiger partial charge in [-0.15, -0.1) is 0 Å². The van der Waals surface area contributed by atoms with Crippen LogP contribution in [0.2, 0.25) is 0 Å². The van der Waals surface area contributed by atoms with Gasteiger partial charge in [-0.3, -0.25) is 0 Å². The molecule has 1 saturated heterocycles. The first-order valence-electron chi connectivity index (χ1n) is 7.56. The molecule has 0 aromatic heterocycles. The quantitative estimate of drug-likeness (QED) is 0.729. The number of hydrogen-bond acceptors (Lipinski definition) is 5. The van der Waals surface area contributed by atoms with E-state index < -0.39 is 5.60 Å². The molecule has 122 valence electrons. The molecule has 0 aromatic rings. The Morgan fingerprint density at radius 2 is 1.95 bits per heavy atom. The second kappa shape index (κ2) is 8.22. The summed E-state index contributed by atoms with van der Waals surface area (Å²) >= 11 is 0. The van der Waals surface area contributed by atoms with Gasteiger partial charge in [-0.25, -0.2) is 9.59 Å². The van der Waals surface area contributed by atoms with Crippen LogP contribution in [0.1, 0.15) is 47.0 Å². The summed E-state index contributed by atoms with van der Waals surface area (Å²) in [4.78, 5) is 25.1. The van der Waals surface area contributed by atoms with Crippen molar-refractivity contribution < 1.29 is 23.8 Å². The Morgan fingerprint density at radius 3 is 2.57 bits per heavy atom. The number of ether oxygens (including phenoxy) is 3. The molecular formula is C15H27NO5. The molecular weight excluding hydrogens is 274 g/mol. The van der Waals surface area contributed by atoms with E-state index in [1.54, 1.807) is 11.8 Å². The van der Waals surface area contributed by atoms with E-state index >= 15 is 0 Å². The Kier molecular flexibility index (Phi) is 6.95. The summed E-state index contributed by atoms with van der Waals surface area (Å²) in [7, 11) is 0. The van der Waals surface area contributed by atoms with Crippen molar-refractivity contribution in [3.05, 3.63) is 0 Å². The maximum Gasteiger partial charge on any atom is 0.410 e. The molecule has 1 heterocycles. The van der Waals surface area contributed by atoms with Crippen LogP contribution < -0.4 is 0 Å². The molecule has 1 aliphatic rings. The Hall–Kier alpha value is -1.30. The van der Waals surface area contributed by atoms with E-state index in [9.17, 15) is 9.59 Å². The number of amides is 1. The van der Waals surface area contributed by atoms with Gasteiger partial charge in [0.1, 0.15) is 12.2 Å². The number of nitrogens with zero attached hydrogens (tertiary/aromatic N) is 1. The molecule has 0 spiro atoms. The first-order valence-corrected chi connectivity index (χ1v) is 7.56. The van der Waals surface area contributed by atoms with Crippen molar-refractivity contribution in [3.63, 3.8) is 0 Å². The third kappa shape index (κ3) is 6.80. The lowest BCUT2D eigenvalue weighted by atomic mass is 10.0. The van der Waals surface area contributed by atoms with Crippen LogP contribution in [0.4, 0.5) is 4.79 Å². The van der Waals surface area contributed by atoms with Gasteiger partial charge in [0.05, 0.1) is 19.3 Å². The summed E-state index contributed by atoms with van der Waals surface area (Å²) in [5.41, 5.74) is -0.509. The van der Waals surface area contributed by atoms with Gasteiger partial charge in [-0.2, -0.15) is 0 Å². The molecule has 6 heteroatoms. The molecule has 0 saturated carbocycles. The molecule has 1 rings (SSSR count). The molecule has 21 heavy (non-hydrogen) atoms. The number of carbonyl (C=O) groups is 2. The van der Waals surface area contributed by atoms with Crippen LogP contribution in [-0.4, -0.2) is 55.0 Å². The van der Waals surface area contributed by atoms with Gasteiger partial charge >= 0.3 is 12.1 Å². The van der Waals surface area contributed by atoms with Crippen LogP contribution in [0.5, 0.6) is 0 Å². The zero-order valence-corrected chi connectivity index (χ0v) is 13.5. The van der Waals surface area contributed by atoms with Gasteiger partial charge < -0.3 is 19.1 Å². The fourth-order valence-corrected chi connectivity index (χ4v) is 2.22. The summed E-state index contributed by atoms with van der Waals surface area (Å²) in [6.07, 6.45) is 2.56. The third-order valence-electron chi connectivity index (χ3n) is 3.09. The lowest BCUT2D eigenvalue weighted by Gasteiger charge is -2.36. The minimum Gasteiger partial charge on any atom is -0.464 e. The number of likely N-dealkylation sites (tertiary alicyclic amines) is 1. The molecule has 1 atom stereocenters. The van der Waals surface area contributed by atoms with Crippen molar-refractivity contribution in [1.29, 1.82) is 0 Å². The van der Waals surface area contributed by atoms with Crippen molar-refractivity contribution in [3.8, 4) is 0 Å². The van der Waals surface area contributed by atoms with Gasteiger partial charge in [-0.05, 0) is 47.0 Å². The first kappa shape index (κ1) is 17.8. The first-order chi connectivity index (χ1) is 9.83. The van der Waals surface area contributed by atoms with E-state index in [1.807, 2.05) is 20.8 Å². The SMILES string of the molecule is CCOC(=O)COC[C@@H]1CCCCN1C(=O)OC(C)(C)C. The zero-order chi connectivity index (χ0) is 15.9. The van der Waals surface area contributed by atoms with Crippen molar-refractivity contribution in [2.75, 3.05) is 26.4 Å². The minimum atomic E-state index is -0.509. The molecule has 0 unspecified atom stereocenters. The Balaban J connectivity index is 2.45. The predicted octanol–water partition coefficient (Wildman–Crippen LogP) is 2.36. The molecule has 0 aromatic carbocycles. The van der Waals surface area contributed by atoms with Crippen LogP contribution in [0.15, 0.2) is 0 Å². The molecule has 0 bridgehead atoms. The largest absolute Gasteiger partial charge is 0.464 e. The lowest BCUT2D eigenvalue weighted by molar-refractivity contribution is -0.149. The average molecular weight is 301 g/mol. The highest BCUT2D eigenvalue weighted by Crippen LogP contribution is 2.20. The monoisotopic (exact) mass is 301 g/mol. The second-order valence-corrected chi connectivity index (χ2v) is 6.14. The van der Waals surface area contributed by atoms with Gasteiger partial charge in [-0.1, -0.05) is 0 Å². The Morgan fingerprint density at radius 1 is 1.24 bits per heavy atom. The van der Waals surface area contributed by atoms with Gasteiger partial charge in [0.2, 0.25) is 0 Å². The van der Waals surface area contributed by atoms with E-state index in [1.165, 1.54) is 0 Å². The smallest absolute Gasteiger partial charge is 0.410 e. The highest BCUT2D eigenvalue weighted by Gasteiger charge is 2.30. The van der Waals surface area contributed by atoms with Gasteiger partial charge in [0, 0.05) is 6.54 Å². The molecule has 1 aliphatic heterocycles. The van der Waals surface area contributed by atoms with Crippen LogP contribution >= 0.6 is 0 Å². The van der Waals surface area contributed by atoms with Crippen LogP contribution in [0.25, 0.3) is 0 Å². The summed E-state index contributed by atoms with van der Waals surface area (Å²) in [6.45, 7) is 8.56. The zero-order valence-electron chi connectivity index (χ0n) is 13.5. The predicted molar refractivity (Wildman–Crippen MR) is 78.0 cm³/mol. The molecule has 0 N–H and O–H groups in total. The number of piperidine rings is 1. The Labute approximate surface area is 126 Å². The number of hydrogen-bond donors (Lipinski definition) is 0. The second-order valence-electron chi connectivity index (χ2n) is 6.14. The van der Waals surface area contributed by atoms with E-state index in [0.29, 0.717) is 19.8 Å². The maximum atomic E-state index is 12.2. The Bertz CT molecular complexity index is 350. The van der Waals surface area contributed by atoms with Crippen LogP contribution in [0, 0.1) is 0 Å². The molecule has 6 nitrogen and oxygen atoms in total. The average Bonchev–Trinajstić information content (AvgIpc) is 2.37.